The van der Waals surface area contributed by atoms with Gasteiger partial charge in [0.25, 0.3) is 0 Å². The molecule has 0 amide bonds. The van der Waals surface area contributed by atoms with Crippen LogP contribution in [0.3, 0.4) is 0 Å². The predicted molar refractivity (Wildman–Crippen MR) is 84.4 cm³/mol. The maximum Gasteiger partial charge on any atom is 0.143 e. The lowest BCUT2D eigenvalue weighted by atomic mass is 10.1. The number of benzene rings is 1. The average Bonchev–Trinajstić information content (AvgIpc) is 2.23. The molecule has 1 aromatic carbocycles. The maximum atomic E-state index is 10.2. The summed E-state index contributed by atoms with van der Waals surface area (Å²) in [6.07, 6.45) is 0. The standard InChI is InChI=1S/C13H20Br2N2O2/c1-13(19,8-17(2)3)7-16-6-9-4-10(14)12(18)11(15)5-9/h4-5,16,18-19H,6-8H2,1-3H3. The molecule has 0 radical (unpaired) electrons. The summed E-state index contributed by atoms with van der Waals surface area (Å²) in [7, 11) is 3.87. The number of nitrogens with zero attached hydrogens (tertiary/aromatic N) is 1. The van der Waals surface area contributed by atoms with Gasteiger partial charge in [0, 0.05) is 19.6 Å². The van der Waals surface area contributed by atoms with Gasteiger partial charge in [-0.3, -0.25) is 0 Å². The Hall–Kier alpha value is -0.140. The quantitative estimate of drug-likeness (QED) is 0.691. The topological polar surface area (TPSA) is 55.7 Å². The summed E-state index contributed by atoms with van der Waals surface area (Å²) in [5.74, 6) is 0.198. The van der Waals surface area contributed by atoms with Crippen molar-refractivity contribution in [2.45, 2.75) is 19.1 Å². The van der Waals surface area contributed by atoms with E-state index in [1.54, 1.807) is 0 Å². The first-order chi connectivity index (χ1) is 8.71. The van der Waals surface area contributed by atoms with E-state index in [0.717, 1.165) is 5.56 Å². The zero-order valence-corrected chi connectivity index (χ0v) is 14.5. The number of halogens is 2. The molecule has 1 atom stereocenters. The fourth-order valence-electron chi connectivity index (χ4n) is 1.93. The molecule has 1 aromatic rings. The molecule has 1 unspecified atom stereocenters. The van der Waals surface area contributed by atoms with E-state index in [1.807, 2.05) is 38.1 Å². The van der Waals surface area contributed by atoms with Gasteiger partial charge in [0.15, 0.2) is 0 Å². The number of aromatic hydroxyl groups is 1. The lowest BCUT2D eigenvalue weighted by Crippen LogP contribution is -2.45. The summed E-state index contributed by atoms with van der Waals surface area (Å²) >= 11 is 6.59. The van der Waals surface area contributed by atoms with Crippen molar-refractivity contribution in [3.63, 3.8) is 0 Å². The first kappa shape index (κ1) is 16.9. The van der Waals surface area contributed by atoms with Crippen LogP contribution in [-0.2, 0) is 6.54 Å². The summed E-state index contributed by atoms with van der Waals surface area (Å²) in [5, 5.41) is 23.0. The van der Waals surface area contributed by atoms with Crippen molar-refractivity contribution in [3.8, 4) is 5.75 Å². The van der Waals surface area contributed by atoms with Crippen molar-refractivity contribution in [1.82, 2.24) is 10.2 Å². The number of phenols is 1. The van der Waals surface area contributed by atoms with Crippen LogP contribution in [-0.4, -0.2) is 47.9 Å². The van der Waals surface area contributed by atoms with Gasteiger partial charge >= 0.3 is 0 Å². The molecule has 6 heteroatoms. The molecule has 0 bridgehead atoms. The zero-order valence-electron chi connectivity index (χ0n) is 11.4. The molecule has 1 rings (SSSR count). The molecule has 0 saturated heterocycles. The van der Waals surface area contributed by atoms with Crippen LogP contribution in [0.15, 0.2) is 21.1 Å². The van der Waals surface area contributed by atoms with Gasteiger partial charge in [0.1, 0.15) is 5.75 Å². The van der Waals surface area contributed by atoms with Gasteiger partial charge < -0.3 is 20.4 Å². The highest BCUT2D eigenvalue weighted by Crippen LogP contribution is 2.33. The predicted octanol–water partition coefficient (Wildman–Crippen LogP) is 2.32. The van der Waals surface area contributed by atoms with E-state index in [9.17, 15) is 10.2 Å². The van der Waals surface area contributed by atoms with E-state index in [1.165, 1.54) is 0 Å². The number of nitrogens with one attached hydrogen (secondary N) is 1. The second-order valence-corrected chi connectivity index (χ2v) is 6.96. The second-order valence-electron chi connectivity index (χ2n) is 5.25. The highest BCUT2D eigenvalue weighted by atomic mass is 79.9. The molecule has 0 aliphatic carbocycles. The molecule has 0 aromatic heterocycles. The van der Waals surface area contributed by atoms with Crippen LogP contribution in [0.5, 0.6) is 5.75 Å². The third kappa shape index (κ3) is 5.79. The molecule has 0 heterocycles. The van der Waals surface area contributed by atoms with E-state index < -0.39 is 5.60 Å². The number of rotatable bonds is 6. The van der Waals surface area contributed by atoms with Gasteiger partial charge in [0.2, 0.25) is 0 Å². The number of phenolic OH excluding ortho intramolecular Hbond substituents is 1. The van der Waals surface area contributed by atoms with Crippen molar-refractivity contribution in [1.29, 1.82) is 0 Å². The smallest absolute Gasteiger partial charge is 0.143 e. The van der Waals surface area contributed by atoms with Crippen LogP contribution in [0.1, 0.15) is 12.5 Å². The maximum absolute atomic E-state index is 10.2. The van der Waals surface area contributed by atoms with E-state index >= 15 is 0 Å². The Balaban J connectivity index is 2.54. The van der Waals surface area contributed by atoms with Crippen molar-refractivity contribution in [2.75, 3.05) is 27.2 Å². The number of hydrogen-bond donors (Lipinski definition) is 3. The van der Waals surface area contributed by atoms with Crippen molar-refractivity contribution in [3.05, 3.63) is 26.6 Å². The molecule has 19 heavy (non-hydrogen) atoms. The first-order valence-electron chi connectivity index (χ1n) is 5.96. The normalized spacial score (nSPS) is 14.7. The lowest BCUT2D eigenvalue weighted by molar-refractivity contribution is 0.0336. The summed E-state index contributed by atoms with van der Waals surface area (Å²) < 4.78 is 1.30. The Labute approximate surface area is 131 Å². The Kier molecular flexibility index (Phi) is 6.26. The van der Waals surface area contributed by atoms with E-state index in [4.69, 9.17) is 0 Å². The van der Waals surface area contributed by atoms with Crippen LogP contribution in [0.25, 0.3) is 0 Å². The van der Waals surface area contributed by atoms with Crippen LogP contribution >= 0.6 is 31.9 Å². The van der Waals surface area contributed by atoms with Gasteiger partial charge in [-0.2, -0.15) is 0 Å². The molecular weight excluding hydrogens is 376 g/mol. The molecule has 0 aliphatic heterocycles. The van der Waals surface area contributed by atoms with Crippen LogP contribution in [0.2, 0.25) is 0 Å². The van der Waals surface area contributed by atoms with Crippen LogP contribution < -0.4 is 5.32 Å². The van der Waals surface area contributed by atoms with Gasteiger partial charge in [0.05, 0.1) is 14.5 Å². The van der Waals surface area contributed by atoms with Crippen LogP contribution in [0.4, 0.5) is 0 Å². The molecular formula is C13H20Br2N2O2. The third-order valence-electron chi connectivity index (χ3n) is 2.57. The molecule has 0 saturated carbocycles. The van der Waals surface area contributed by atoms with E-state index in [0.29, 0.717) is 28.6 Å². The van der Waals surface area contributed by atoms with Crippen molar-refractivity contribution < 1.29 is 10.2 Å². The van der Waals surface area contributed by atoms with Crippen LogP contribution in [0, 0.1) is 0 Å². The fourth-order valence-corrected chi connectivity index (χ4v) is 3.21. The molecule has 0 spiro atoms. The highest BCUT2D eigenvalue weighted by Gasteiger charge is 2.20. The molecule has 0 fully saturated rings. The Morgan fingerprint density at radius 3 is 2.26 bits per heavy atom. The van der Waals surface area contributed by atoms with Gasteiger partial charge in [-0.25, -0.2) is 0 Å². The molecule has 108 valence electrons. The van der Waals surface area contributed by atoms with E-state index in [-0.39, 0.29) is 5.75 Å². The van der Waals surface area contributed by atoms with Crippen molar-refractivity contribution in [2.24, 2.45) is 0 Å². The van der Waals surface area contributed by atoms with Gasteiger partial charge in [-0.1, -0.05) is 0 Å². The van der Waals surface area contributed by atoms with Gasteiger partial charge in [-0.05, 0) is 70.6 Å². The van der Waals surface area contributed by atoms with Crippen molar-refractivity contribution >= 4 is 31.9 Å². The zero-order chi connectivity index (χ0) is 14.6. The number of hydrogen-bond acceptors (Lipinski definition) is 4. The molecule has 0 aliphatic rings. The first-order valence-corrected chi connectivity index (χ1v) is 7.54. The van der Waals surface area contributed by atoms with Gasteiger partial charge in [-0.15, -0.1) is 0 Å². The lowest BCUT2D eigenvalue weighted by Gasteiger charge is -2.27. The minimum atomic E-state index is -0.769. The third-order valence-corrected chi connectivity index (χ3v) is 3.78. The number of likely N-dealkylation sites (N-methyl/N-ethyl adjacent to an activating group) is 1. The Morgan fingerprint density at radius 2 is 1.79 bits per heavy atom. The molecule has 4 nitrogen and oxygen atoms in total. The fraction of sp³-hybridized carbons (Fsp3) is 0.538. The Bertz CT molecular complexity index is 414. The summed E-state index contributed by atoms with van der Waals surface area (Å²) in [6, 6.07) is 3.71. The van der Waals surface area contributed by atoms with E-state index in [2.05, 4.69) is 37.2 Å². The Morgan fingerprint density at radius 1 is 1.26 bits per heavy atom. The summed E-state index contributed by atoms with van der Waals surface area (Å²) in [6.45, 7) is 3.54. The monoisotopic (exact) mass is 394 g/mol. The second kappa shape index (κ2) is 7.04. The SMILES string of the molecule is CN(C)CC(C)(O)CNCc1cc(Br)c(O)c(Br)c1. The summed E-state index contributed by atoms with van der Waals surface area (Å²) in [4.78, 5) is 1.95. The number of aliphatic hydroxyl groups is 1. The highest BCUT2D eigenvalue weighted by molar-refractivity contribution is 9.11. The largest absolute Gasteiger partial charge is 0.506 e. The minimum absolute atomic E-state index is 0.198. The average molecular weight is 396 g/mol. The summed E-state index contributed by atoms with van der Waals surface area (Å²) in [5.41, 5.74) is 0.256. The molecule has 3 N–H and O–H groups in total. The minimum Gasteiger partial charge on any atom is -0.506 e.